The van der Waals surface area contributed by atoms with Crippen LogP contribution < -0.4 is 5.73 Å². The SMILES string of the molecule is Cc1nccn1-c1ccc(N)cc1C#N. The Hall–Kier alpha value is -2.28. The number of anilines is 1. The van der Waals surface area contributed by atoms with Gasteiger partial charge in [-0.15, -0.1) is 0 Å². The van der Waals surface area contributed by atoms with Crippen molar-refractivity contribution in [2.45, 2.75) is 6.92 Å². The van der Waals surface area contributed by atoms with E-state index in [-0.39, 0.29) is 0 Å². The molecule has 0 radical (unpaired) electrons. The summed E-state index contributed by atoms with van der Waals surface area (Å²) in [6.45, 7) is 1.89. The Morgan fingerprint density at radius 2 is 2.27 bits per heavy atom. The zero-order valence-electron chi connectivity index (χ0n) is 8.31. The summed E-state index contributed by atoms with van der Waals surface area (Å²) in [5.74, 6) is 0.844. The molecule has 0 aliphatic carbocycles. The number of hydrogen-bond acceptors (Lipinski definition) is 3. The van der Waals surface area contributed by atoms with Gasteiger partial charge in [-0.2, -0.15) is 5.26 Å². The highest BCUT2D eigenvalue weighted by atomic mass is 15.1. The van der Waals surface area contributed by atoms with Crippen LogP contribution in [0.15, 0.2) is 30.6 Å². The fourth-order valence-electron chi connectivity index (χ4n) is 1.49. The zero-order valence-corrected chi connectivity index (χ0v) is 8.31. The van der Waals surface area contributed by atoms with Crippen molar-refractivity contribution in [2.75, 3.05) is 5.73 Å². The first-order chi connectivity index (χ1) is 7.22. The molecule has 2 N–H and O–H groups in total. The average Bonchev–Trinajstić information content (AvgIpc) is 2.64. The summed E-state index contributed by atoms with van der Waals surface area (Å²) >= 11 is 0. The maximum atomic E-state index is 8.99. The fraction of sp³-hybridized carbons (Fsp3) is 0.0909. The molecule has 0 unspecified atom stereocenters. The minimum atomic E-state index is 0.552. The van der Waals surface area contributed by atoms with Crippen molar-refractivity contribution in [2.24, 2.45) is 0 Å². The second-order valence-electron chi connectivity index (χ2n) is 3.23. The van der Waals surface area contributed by atoms with E-state index in [4.69, 9.17) is 11.0 Å². The predicted octanol–water partition coefficient (Wildman–Crippen LogP) is 1.63. The molecular formula is C11H10N4. The van der Waals surface area contributed by atoms with Gasteiger partial charge in [0.1, 0.15) is 11.9 Å². The highest BCUT2D eigenvalue weighted by Gasteiger charge is 2.06. The van der Waals surface area contributed by atoms with E-state index in [2.05, 4.69) is 11.1 Å². The summed E-state index contributed by atoms with van der Waals surface area (Å²) < 4.78 is 1.86. The van der Waals surface area contributed by atoms with E-state index in [9.17, 15) is 0 Å². The predicted molar refractivity (Wildman–Crippen MR) is 57.4 cm³/mol. The lowest BCUT2D eigenvalue weighted by atomic mass is 10.1. The molecule has 0 aliphatic heterocycles. The van der Waals surface area contributed by atoms with Crippen LogP contribution in [-0.2, 0) is 0 Å². The fourth-order valence-corrected chi connectivity index (χ4v) is 1.49. The number of nitriles is 1. The number of nitrogens with zero attached hydrogens (tertiary/aromatic N) is 3. The third-order valence-corrected chi connectivity index (χ3v) is 2.23. The van der Waals surface area contributed by atoms with Crippen molar-refractivity contribution in [1.29, 1.82) is 5.26 Å². The molecule has 74 valence electrons. The summed E-state index contributed by atoms with van der Waals surface area (Å²) in [7, 11) is 0. The van der Waals surface area contributed by atoms with Gasteiger partial charge in [-0.25, -0.2) is 4.98 Å². The van der Waals surface area contributed by atoms with Gasteiger partial charge in [0.25, 0.3) is 0 Å². The van der Waals surface area contributed by atoms with Crippen LogP contribution in [0.4, 0.5) is 5.69 Å². The van der Waals surface area contributed by atoms with Crippen LogP contribution in [0.2, 0.25) is 0 Å². The minimum Gasteiger partial charge on any atom is -0.399 e. The van der Waals surface area contributed by atoms with Crippen LogP contribution in [0, 0.1) is 18.3 Å². The maximum Gasteiger partial charge on any atom is 0.110 e. The number of benzene rings is 1. The summed E-state index contributed by atoms with van der Waals surface area (Å²) in [6.07, 6.45) is 3.52. The molecule has 1 heterocycles. The molecule has 4 heteroatoms. The molecule has 0 amide bonds. The van der Waals surface area contributed by atoms with Gasteiger partial charge < -0.3 is 10.3 Å². The van der Waals surface area contributed by atoms with E-state index in [1.165, 1.54) is 0 Å². The highest BCUT2D eigenvalue weighted by Crippen LogP contribution is 2.18. The Morgan fingerprint density at radius 1 is 1.47 bits per heavy atom. The number of rotatable bonds is 1. The number of nitrogen functional groups attached to an aromatic ring is 1. The summed E-state index contributed by atoms with van der Waals surface area (Å²) in [4.78, 5) is 4.11. The van der Waals surface area contributed by atoms with Crippen molar-refractivity contribution < 1.29 is 0 Å². The molecule has 0 atom stereocenters. The maximum absolute atomic E-state index is 8.99. The van der Waals surface area contributed by atoms with Crippen LogP contribution in [0.3, 0.4) is 0 Å². The van der Waals surface area contributed by atoms with Crippen LogP contribution in [0.1, 0.15) is 11.4 Å². The Labute approximate surface area is 87.6 Å². The van der Waals surface area contributed by atoms with E-state index in [0.29, 0.717) is 11.3 Å². The topological polar surface area (TPSA) is 67.6 Å². The van der Waals surface area contributed by atoms with E-state index in [1.807, 2.05) is 23.8 Å². The molecule has 0 aliphatic rings. The van der Waals surface area contributed by atoms with Gasteiger partial charge in [0.15, 0.2) is 0 Å². The second-order valence-corrected chi connectivity index (χ2v) is 3.23. The van der Waals surface area contributed by atoms with Crippen molar-refractivity contribution in [3.05, 3.63) is 42.0 Å². The van der Waals surface area contributed by atoms with E-state index < -0.39 is 0 Å². The smallest absolute Gasteiger partial charge is 0.110 e. The van der Waals surface area contributed by atoms with Gasteiger partial charge in [-0.1, -0.05) is 0 Å². The molecule has 0 saturated heterocycles. The first-order valence-corrected chi connectivity index (χ1v) is 4.52. The van der Waals surface area contributed by atoms with Gasteiger partial charge in [0.05, 0.1) is 11.3 Å². The van der Waals surface area contributed by atoms with Crippen molar-refractivity contribution in [1.82, 2.24) is 9.55 Å². The third kappa shape index (κ3) is 1.55. The lowest BCUT2D eigenvalue weighted by molar-refractivity contribution is 0.971. The quantitative estimate of drug-likeness (QED) is 0.708. The minimum absolute atomic E-state index is 0.552. The second kappa shape index (κ2) is 3.46. The van der Waals surface area contributed by atoms with Gasteiger partial charge in [-0.05, 0) is 25.1 Å². The van der Waals surface area contributed by atoms with Crippen molar-refractivity contribution >= 4 is 5.69 Å². The number of hydrogen-bond donors (Lipinski definition) is 1. The Bertz CT molecular complexity index is 534. The van der Waals surface area contributed by atoms with E-state index in [1.54, 1.807) is 18.3 Å². The molecule has 2 aromatic rings. The molecule has 1 aromatic carbocycles. The molecule has 15 heavy (non-hydrogen) atoms. The van der Waals surface area contributed by atoms with E-state index >= 15 is 0 Å². The highest BCUT2D eigenvalue weighted by molar-refractivity contribution is 5.57. The number of imidazole rings is 1. The Morgan fingerprint density at radius 3 is 2.87 bits per heavy atom. The normalized spacial score (nSPS) is 9.87. The summed E-state index contributed by atoms with van der Waals surface area (Å²) in [6, 6.07) is 7.38. The molecule has 0 spiro atoms. The zero-order chi connectivity index (χ0) is 10.8. The molecular weight excluding hydrogens is 188 g/mol. The van der Waals surface area contributed by atoms with Gasteiger partial charge >= 0.3 is 0 Å². The van der Waals surface area contributed by atoms with Gasteiger partial charge in [0.2, 0.25) is 0 Å². The number of aryl methyl sites for hydroxylation is 1. The number of aromatic nitrogens is 2. The molecule has 0 saturated carbocycles. The lowest BCUT2D eigenvalue weighted by Crippen LogP contribution is -1.99. The van der Waals surface area contributed by atoms with Gasteiger partial charge in [0, 0.05) is 18.1 Å². The Balaban J connectivity index is 2.64. The monoisotopic (exact) mass is 198 g/mol. The van der Waals surface area contributed by atoms with Crippen molar-refractivity contribution in [3.63, 3.8) is 0 Å². The summed E-state index contributed by atoms with van der Waals surface area (Å²) in [5.41, 5.74) is 7.57. The summed E-state index contributed by atoms with van der Waals surface area (Å²) in [5, 5.41) is 8.99. The first kappa shape index (κ1) is 9.28. The molecule has 0 fully saturated rings. The molecule has 0 bridgehead atoms. The lowest BCUT2D eigenvalue weighted by Gasteiger charge is -2.07. The molecule has 2 rings (SSSR count). The largest absolute Gasteiger partial charge is 0.399 e. The van der Waals surface area contributed by atoms with E-state index in [0.717, 1.165) is 11.5 Å². The standard InChI is InChI=1S/C11H10N4/c1-8-14-4-5-15(8)11-3-2-10(13)6-9(11)7-12/h2-6H,13H2,1H3. The van der Waals surface area contributed by atoms with Crippen LogP contribution >= 0.6 is 0 Å². The van der Waals surface area contributed by atoms with Crippen LogP contribution in [0.25, 0.3) is 5.69 Å². The molecule has 4 nitrogen and oxygen atoms in total. The van der Waals surface area contributed by atoms with Crippen molar-refractivity contribution in [3.8, 4) is 11.8 Å². The number of nitrogens with two attached hydrogens (primary N) is 1. The Kier molecular flexibility index (Phi) is 2.14. The first-order valence-electron chi connectivity index (χ1n) is 4.52. The molecule has 1 aromatic heterocycles. The third-order valence-electron chi connectivity index (χ3n) is 2.23. The van der Waals surface area contributed by atoms with Crippen LogP contribution in [-0.4, -0.2) is 9.55 Å². The average molecular weight is 198 g/mol. The van der Waals surface area contributed by atoms with Crippen LogP contribution in [0.5, 0.6) is 0 Å². The van der Waals surface area contributed by atoms with Gasteiger partial charge in [-0.3, -0.25) is 0 Å².